The van der Waals surface area contributed by atoms with E-state index in [-0.39, 0.29) is 5.91 Å². The monoisotopic (exact) mass is 276 g/mol. The molecule has 106 valence electrons. The third-order valence-electron chi connectivity index (χ3n) is 3.39. The van der Waals surface area contributed by atoms with Gasteiger partial charge in [0.2, 0.25) is 5.91 Å². The molecule has 4 N–H and O–H groups in total. The second-order valence-electron chi connectivity index (χ2n) is 5.49. The molecule has 0 aliphatic rings. The number of carbonyl (C=O) groups is 2. The number of carboxylic acid groups (broad SMARTS) is 1. The van der Waals surface area contributed by atoms with Crippen molar-refractivity contribution >= 4 is 23.6 Å². The minimum atomic E-state index is -1.01. The van der Waals surface area contributed by atoms with Crippen molar-refractivity contribution in [3.8, 4) is 0 Å². The van der Waals surface area contributed by atoms with E-state index in [4.69, 9.17) is 10.8 Å². The quantitative estimate of drug-likeness (QED) is 0.647. The Bertz CT molecular complexity index is 311. The zero-order chi connectivity index (χ0) is 14.6. The van der Waals surface area contributed by atoms with Crippen LogP contribution in [0.15, 0.2) is 0 Å². The van der Waals surface area contributed by atoms with E-state index >= 15 is 0 Å². The fourth-order valence-corrected chi connectivity index (χ4v) is 1.60. The maximum atomic E-state index is 12.1. The summed E-state index contributed by atoms with van der Waals surface area (Å²) in [5.41, 5.74) is 4.40. The standard InChI is InChI=1S/C12H24N2O3S/c1-11(2,12(3,4)13)10(17)14-8(9(15)16)6-7-18-5/h8H,6-7,13H2,1-5H3,(H,14,17)(H,15,16). The molecule has 0 aliphatic carbocycles. The highest BCUT2D eigenvalue weighted by Crippen LogP contribution is 2.28. The van der Waals surface area contributed by atoms with Gasteiger partial charge >= 0.3 is 5.97 Å². The second kappa shape index (κ2) is 6.43. The Morgan fingerprint density at radius 1 is 1.33 bits per heavy atom. The molecule has 0 aromatic carbocycles. The lowest BCUT2D eigenvalue weighted by Crippen LogP contribution is -2.58. The van der Waals surface area contributed by atoms with Gasteiger partial charge in [0.15, 0.2) is 0 Å². The fourth-order valence-electron chi connectivity index (χ4n) is 1.12. The van der Waals surface area contributed by atoms with Gasteiger partial charge in [0.1, 0.15) is 6.04 Å². The first kappa shape index (κ1) is 17.2. The minimum Gasteiger partial charge on any atom is -0.480 e. The Morgan fingerprint density at radius 2 is 1.83 bits per heavy atom. The van der Waals surface area contributed by atoms with E-state index in [0.29, 0.717) is 12.2 Å². The third kappa shape index (κ3) is 4.49. The first-order chi connectivity index (χ1) is 8.04. The molecule has 0 aromatic rings. The molecule has 0 heterocycles. The van der Waals surface area contributed by atoms with E-state index in [1.807, 2.05) is 6.26 Å². The molecule has 6 heteroatoms. The molecule has 0 aromatic heterocycles. The van der Waals surface area contributed by atoms with Gasteiger partial charge in [0, 0.05) is 5.54 Å². The van der Waals surface area contributed by atoms with Crippen LogP contribution in [0, 0.1) is 5.41 Å². The predicted molar refractivity (Wildman–Crippen MR) is 74.6 cm³/mol. The van der Waals surface area contributed by atoms with Crippen molar-refractivity contribution in [1.29, 1.82) is 0 Å². The van der Waals surface area contributed by atoms with Crippen molar-refractivity contribution in [3.05, 3.63) is 0 Å². The summed E-state index contributed by atoms with van der Waals surface area (Å²) in [5.74, 6) is -0.657. The molecule has 0 rings (SSSR count). The summed E-state index contributed by atoms with van der Waals surface area (Å²) in [6, 6.07) is -0.855. The first-order valence-corrected chi connectivity index (χ1v) is 7.25. The molecular weight excluding hydrogens is 252 g/mol. The van der Waals surface area contributed by atoms with Gasteiger partial charge in [-0.25, -0.2) is 4.79 Å². The highest BCUT2D eigenvalue weighted by molar-refractivity contribution is 7.98. The summed E-state index contributed by atoms with van der Waals surface area (Å²) in [6.07, 6.45) is 2.30. The molecule has 1 amide bonds. The maximum absolute atomic E-state index is 12.1. The smallest absolute Gasteiger partial charge is 0.326 e. The highest BCUT2D eigenvalue weighted by atomic mass is 32.2. The minimum absolute atomic E-state index is 0.330. The lowest BCUT2D eigenvalue weighted by molar-refractivity contribution is -0.144. The summed E-state index contributed by atoms with van der Waals surface area (Å²) in [6.45, 7) is 6.94. The molecule has 0 aliphatic heterocycles. The number of nitrogens with one attached hydrogen (secondary N) is 1. The van der Waals surface area contributed by atoms with Crippen LogP contribution in [0.4, 0.5) is 0 Å². The normalized spacial score (nSPS) is 14.1. The lowest BCUT2D eigenvalue weighted by atomic mass is 9.74. The topological polar surface area (TPSA) is 92.4 Å². The van der Waals surface area contributed by atoms with Crippen molar-refractivity contribution in [3.63, 3.8) is 0 Å². The molecule has 1 atom stereocenters. The Kier molecular flexibility index (Phi) is 6.16. The summed E-state index contributed by atoms with van der Waals surface area (Å²) in [4.78, 5) is 23.2. The van der Waals surface area contributed by atoms with Gasteiger partial charge in [0.05, 0.1) is 5.41 Å². The molecule has 0 bridgehead atoms. The number of hydrogen-bond donors (Lipinski definition) is 3. The molecule has 0 fully saturated rings. The zero-order valence-electron chi connectivity index (χ0n) is 11.7. The van der Waals surface area contributed by atoms with Crippen molar-refractivity contribution < 1.29 is 14.7 Å². The van der Waals surface area contributed by atoms with E-state index in [1.54, 1.807) is 39.5 Å². The maximum Gasteiger partial charge on any atom is 0.326 e. The van der Waals surface area contributed by atoms with E-state index in [1.165, 1.54) is 0 Å². The van der Waals surface area contributed by atoms with Crippen LogP contribution in [-0.2, 0) is 9.59 Å². The van der Waals surface area contributed by atoms with Crippen LogP contribution in [0.25, 0.3) is 0 Å². The number of nitrogens with two attached hydrogens (primary N) is 1. The fraction of sp³-hybridized carbons (Fsp3) is 0.833. The SMILES string of the molecule is CSCCC(NC(=O)C(C)(C)C(C)(C)N)C(=O)O. The number of thioether (sulfide) groups is 1. The van der Waals surface area contributed by atoms with Crippen LogP contribution in [0.3, 0.4) is 0 Å². The van der Waals surface area contributed by atoms with Crippen LogP contribution in [-0.4, -0.2) is 40.6 Å². The molecule has 1 unspecified atom stereocenters. The van der Waals surface area contributed by atoms with Crippen molar-refractivity contribution in [2.45, 2.75) is 45.7 Å². The Labute approximate surface area is 113 Å². The Hall–Kier alpha value is -0.750. The Morgan fingerprint density at radius 3 is 2.17 bits per heavy atom. The third-order valence-corrected chi connectivity index (χ3v) is 4.04. The largest absolute Gasteiger partial charge is 0.480 e. The number of rotatable bonds is 7. The van der Waals surface area contributed by atoms with Crippen LogP contribution in [0.2, 0.25) is 0 Å². The number of carboxylic acids is 1. The van der Waals surface area contributed by atoms with Gasteiger partial charge in [-0.1, -0.05) is 0 Å². The van der Waals surface area contributed by atoms with Crippen molar-refractivity contribution in [2.75, 3.05) is 12.0 Å². The molecular formula is C12H24N2O3S. The van der Waals surface area contributed by atoms with Gasteiger partial charge in [-0.15, -0.1) is 0 Å². The van der Waals surface area contributed by atoms with E-state index in [9.17, 15) is 9.59 Å². The number of amides is 1. The molecule has 5 nitrogen and oxygen atoms in total. The predicted octanol–water partition coefficient (Wildman–Crippen LogP) is 1.07. The zero-order valence-corrected chi connectivity index (χ0v) is 12.6. The van der Waals surface area contributed by atoms with Gasteiger partial charge in [-0.3, -0.25) is 4.79 Å². The van der Waals surface area contributed by atoms with Crippen LogP contribution < -0.4 is 11.1 Å². The summed E-state index contributed by atoms with van der Waals surface area (Å²) >= 11 is 1.55. The average Bonchev–Trinajstić information content (AvgIpc) is 2.21. The van der Waals surface area contributed by atoms with Crippen molar-refractivity contribution in [2.24, 2.45) is 11.1 Å². The van der Waals surface area contributed by atoms with Crippen LogP contribution in [0.5, 0.6) is 0 Å². The molecule has 0 saturated carbocycles. The van der Waals surface area contributed by atoms with E-state index < -0.39 is 23.0 Å². The van der Waals surface area contributed by atoms with Crippen molar-refractivity contribution in [1.82, 2.24) is 5.32 Å². The average molecular weight is 276 g/mol. The summed E-state index contributed by atoms with van der Waals surface area (Å²) in [7, 11) is 0. The number of aliphatic carboxylic acids is 1. The summed E-state index contributed by atoms with van der Waals surface area (Å²) < 4.78 is 0. The van der Waals surface area contributed by atoms with E-state index in [0.717, 1.165) is 0 Å². The highest BCUT2D eigenvalue weighted by Gasteiger charge is 2.41. The molecule has 18 heavy (non-hydrogen) atoms. The lowest BCUT2D eigenvalue weighted by Gasteiger charge is -2.37. The molecule has 0 saturated heterocycles. The van der Waals surface area contributed by atoms with E-state index in [2.05, 4.69) is 5.32 Å². The number of hydrogen-bond acceptors (Lipinski definition) is 4. The van der Waals surface area contributed by atoms with Gasteiger partial charge in [0.25, 0.3) is 0 Å². The Balaban J connectivity index is 4.75. The van der Waals surface area contributed by atoms with Gasteiger partial charge in [-0.2, -0.15) is 11.8 Å². The molecule has 0 radical (unpaired) electrons. The second-order valence-corrected chi connectivity index (χ2v) is 6.48. The molecule has 0 spiro atoms. The van der Waals surface area contributed by atoms with Crippen LogP contribution >= 0.6 is 11.8 Å². The van der Waals surface area contributed by atoms with Crippen LogP contribution in [0.1, 0.15) is 34.1 Å². The van der Waals surface area contributed by atoms with Gasteiger partial charge < -0.3 is 16.2 Å². The number of carbonyl (C=O) groups excluding carboxylic acids is 1. The van der Waals surface area contributed by atoms with Gasteiger partial charge in [-0.05, 0) is 46.1 Å². The summed E-state index contributed by atoms with van der Waals surface area (Å²) in [5, 5.41) is 11.6. The first-order valence-electron chi connectivity index (χ1n) is 5.85.